The number of carbonyl (C=O) groups excluding carboxylic acids is 2. The molecule has 0 aliphatic rings. The number of carbonyl (C=O) groups is 2. The van der Waals surface area contributed by atoms with E-state index in [0.717, 1.165) is 18.2 Å². The van der Waals surface area contributed by atoms with Crippen molar-refractivity contribution in [1.82, 2.24) is 4.90 Å². The summed E-state index contributed by atoms with van der Waals surface area (Å²) in [6.07, 6.45) is -4.68. The van der Waals surface area contributed by atoms with Gasteiger partial charge in [0, 0.05) is 25.6 Å². The van der Waals surface area contributed by atoms with E-state index in [-0.39, 0.29) is 42.1 Å². The lowest BCUT2D eigenvalue weighted by Crippen LogP contribution is -2.28. The zero-order valence-electron chi connectivity index (χ0n) is 16.3. The van der Waals surface area contributed by atoms with E-state index >= 15 is 0 Å². The minimum Gasteiger partial charge on any atom is -0.469 e. The maximum atomic E-state index is 14.5. The largest absolute Gasteiger partial charge is 0.469 e. The van der Waals surface area contributed by atoms with Crippen molar-refractivity contribution in [3.8, 4) is 11.1 Å². The standard InChI is InChI=1S/C21H21F4NO3/c1-4-26(13(2)27)12-15-11-16(21(23,24)25)6-7-17(15)18-9-14(5-8-19(18)22)10-20(28)29-3/h5-9,11H,4,10,12H2,1-3H3. The van der Waals surface area contributed by atoms with Gasteiger partial charge in [0.1, 0.15) is 5.82 Å². The van der Waals surface area contributed by atoms with Crippen LogP contribution in [0.2, 0.25) is 0 Å². The molecule has 1 amide bonds. The van der Waals surface area contributed by atoms with Crippen LogP contribution in [0.15, 0.2) is 36.4 Å². The lowest BCUT2D eigenvalue weighted by atomic mass is 9.94. The molecule has 0 bridgehead atoms. The Bertz CT molecular complexity index is 909. The molecule has 2 aromatic carbocycles. The Labute approximate surface area is 166 Å². The highest BCUT2D eigenvalue weighted by Gasteiger charge is 2.31. The third-order valence-corrected chi connectivity index (χ3v) is 4.52. The number of benzene rings is 2. The molecule has 0 heterocycles. The fourth-order valence-electron chi connectivity index (χ4n) is 2.94. The average molecular weight is 411 g/mol. The third-order valence-electron chi connectivity index (χ3n) is 4.52. The summed E-state index contributed by atoms with van der Waals surface area (Å²) < 4.78 is 58.7. The molecule has 2 aromatic rings. The Kier molecular flexibility index (Phi) is 7.00. The Morgan fingerprint density at radius 3 is 2.31 bits per heavy atom. The zero-order valence-corrected chi connectivity index (χ0v) is 16.3. The van der Waals surface area contributed by atoms with Gasteiger partial charge >= 0.3 is 12.1 Å². The van der Waals surface area contributed by atoms with Crippen LogP contribution in [0.1, 0.15) is 30.5 Å². The summed E-state index contributed by atoms with van der Waals surface area (Å²) in [5, 5.41) is 0. The maximum absolute atomic E-state index is 14.5. The summed E-state index contributed by atoms with van der Waals surface area (Å²) in [6.45, 7) is 3.20. The van der Waals surface area contributed by atoms with Crippen molar-refractivity contribution in [2.24, 2.45) is 0 Å². The van der Waals surface area contributed by atoms with Crippen LogP contribution in [-0.4, -0.2) is 30.4 Å². The molecule has 2 rings (SSSR count). The number of amides is 1. The number of methoxy groups -OCH3 is 1. The second kappa shape index (κ2) is 9.07. The highest BCUT2D eigenvalue weighted by atomic mass is 19.4. The number of halogens is 4. The molecular weight excluding hydrogens is 390 g/mol. The van der Waals surface area contributed by atoms with E-state index in [0.29, 0.717) is 5.56 Å². The van der Waals surface area contributed by atoms with Gasteiger partial charge in [-0.1, -0.05) is 12.1 Å². The monoisotopic (exact) mass is 411 g/mol. The first-order valence-electron chi connectivity index (χ1n) is 8.88. The molecule has 29 heavy (non-hydrogen) atoms. The predicted octanol–water partition coefficient (Wildman–Crippen LogP) is 4.60. The van der Waals surface area contributed by atoms with Gasteiger partial charge in [-0.2, -0.15) is 13.2 Å². The molecular formula is C21H21F4NO3. The second-order valence-corrected chi connectivity index (χ2v) is 6.47. The lowest BCUT2D eigenvalue weighted by Gasteiger charge is -2.22. The number of rotatable bonds is 6. The number of hydrogen-bond donors (Lipinski definition) is 0. The maximum Gasteiger partial charge on any atom is 0.416 e. The van der Waals surface area contributed by atoms with Gasteiger partial charge in [-0.15, -0.1) is 0 Å². The predicted molar refractivity (Wildman–Crippen MR) is 99.3 cm³/mol. The Morgan fingerprint density at radius 1 is 1.07 bits per heavy atom. The average Bonchev–Trinajstić information content (AvgIpc) is 2.66. The van der Waals surface area contributed by atoms with Crippen LogP contribution >= 0.6 is 0 Å². The van der Waals surface area contributed by atoms with Crippen molar-refractivity contribution in [1.29, 1.82) is 0 Å². The molecule has 0 atom stereocenters. The summed E-state index contributed by atoms with van der Waals surface area (Å²) in [4.78, 5) is 24.6. The Hall–Kier alpha value is -2.90. The minimum atomic E-state index is -4.58. The van der Waals surface area contributed by atoms with E-state index in [9.17, 15) is 27.2 Å². The number of esters is 1. The summed E-state index contributed by atoms with van der Waals surface area (Å²) in [5.74, 6) is -1.48. The van der Waals surface area contributed by atoms with E-state index in [1.807, 2.05) is 0 Å². The summed E-state index contributed by atoms with van der Waals surface area (Å²) in [5.41, 5.74) is 0.00244. The van der Waals surface area contributed by atoms with Gasteiger partial charge in [0.15, 0.2) is 0 Å². The third kappa shape index (κ3) is 5.56. The molecule has 156 valence electrons. The van der Waals surface area contributed by atoms with Crippen molar-refractivity contribution in [2.75, 3.05) is 13.7 Å². The molecule has 8 heteroatoms. The normalized spacial score (nSPS) is 11.3. The van der Waals surface area contributed by atoms with Gasteiger partial charge in [-0.25, -0.2) is 4.39 Å². The quantitative estimate of drug-likeness (QED) is 0.516. The van der Waals surface area contributed by atoms with Crippen molar-refractivity contribution in [2.45, 2.75) is 33.0 Å². The second-order valence-electron chi connectivity index (χ2n) is 6.47. The molecule has 0 spiro atoms. The number of nitrogens with zero attached hydrogens (tertiary/aromatic N) is 1. The van der Waals surface area contributed by atoms with Crippen LogP contribution in [0.3, 0.4) is 0 Å². The minimum absolute atomic E-state index is 0.0507. The van der Waals surface area contributed by atoms with E-state index in [2.05, 4.69) is 4.74 Å². The van der Waals surface area contributed by atoms with Crippen molar-refractivity contribution < 1.29 is 31.9 Å². The zero-order chi connectivity index (χ0) is 21.8. The smallest absolute Gasteiger partial charge is 0.416 e. The molecule has 0 aromatic heterocycles. The molecule has 0 fully saturated rings. The molecule has 0 radical (unpaired) electrons. The van der Waals surface area contributed by atoms with Gasteiger partial charge in [0.05, 0.1) is 19.1 Å². The van der Waals surface area contributed by atoms with Crippen LogP contribution in [0, 0.1) is 5.82 Å². The van der Waals surface area contributed by atoms with Gasteiger partial charge in [-0.05, 0) is 47.9 Å². The van der Waals surface area contributed by atoms with Gasteiger partial charge in [-0.3, -0.25) is 9.59 Å². The molecule has 0 saturated heterocycles. The SMILES string of the molecule is CCN(Cc1cc(C(F)(F)F)ccc1-c1cc(CC(=O)OC)ccc1F)C(C)=O. The fraction of sp³-hybridized carbons (Fsp3) is 0.333. The first-order chi connectivity index (χ1) is 13.6. The van der Waals surface area contributed by atoms with Crippen LogP contribution < -0.4 is 0 Å². The van der Waals surface area contributed by atoms with Crippen molar-refractivity contribution in [3.63, 3.8) is 0 Å². The van der Waals surface area contributed by atoms with E-state index in [1.165, 1.54) is 37.1 Å². The van der Waals surface area contributed by atoms with E-state index in [4.69, 9.17) is 0 Å². The number of ether oxygens (including phenoxy) is 1. The molecule has 4 nitrogen and oxygen atoms in total. The highest BCUT2D eigenvalue weighted by Crippen LogP contribution is 2.35. The molecule has 0 unspecified atom stereocenters. The van der Waals surface area contributed by atoms with Crippen molar-refractivity contribution >= 4 is 11.9 Å². The molecule has 0 saturated carbocycles. The van der Waals surface area contributed by atoms with Crippen molar-refractivity contribution in [3.05, 3.63) is 58.9 Å². The van der Waals surface area contributed by atoms with E-state index < -0.39 is 23.5 Å². The topological polar surface area (TPSA) is 46.6 Å². The van der Waals surface area contributed by atoms with Gasteiger partial charge in [0.2, 0.25) is 5.91 Å². The molecule has 0 N–H and O–H groups in total. The van der Waals surface area contributed by atoms with Crippen LogP contribution in [0.4, 0.5) is 17.6 Å². The van der Waals surface area contributed by atoms with Gasteiger partial charge in [0.25, 0.3) is 0 Å². The Morgan fingerprint density at radius 2 is 1.76 bits per heavy atom. The lowest BCUT2D eigenvalue weighted by molar-refractivity contribution is -0.140. The Balaban J connectivity index is 2.60. The summed E-state index contributed by atoms with van der Waals surface area (Å²) in [6, 6.07) is 6.95. The highest BCUT2D eigenvalue weighted by molar-refractivity contribution is 5.76. The van der Waals surface area contributed by atoms with Crippen LogP contribution in [-0.2, 0) is 33.5 Å². The first-order valence-corrected chi connectivity index (χ1v) is 8.88. The van der Waals surface area contributed by atoms with Gasteiger partial charge < -0.3 is 9.64 Å². The first kappa shape index (κ1) is 22.4. The summed E-state index contributed by atoms with van der Waals surface area (Å²) >= 11 is 0. The molecule has 0 aliphatic carbocycles. The fourth-order valence-corrected chi connectivity index (χ4v) is 2.94. The van der Waals surface area contributed by atoms with Crippen LogP contribution in [0.5, 0.6) is 0 Å². The van der Waals surface area contributed by atoms with Crippen LogP contribution in [0.25, 0.3) is 11.1 Å². The summed E-state index contributed by atoms with van der Waals surface area (Å²) in [7, 11) is 1.22. The number of hydrogen-bond acceptors (Lipinski definition) is 3. The molecule has 0 aliphatic heterocycles. The van der Waals surface area contributed by atoms with E-state index in [1.54, 1.807) is 6.92 Å². The number of alkyl halides is 3.